The summed E-state index contributed by atoms with van der Waals surface area (Å²) in [5.74, 6) is 0.824. The standard InChI is InChI=1S/C14H22N2O2/c1-4-13(17)14-10(2)15-16(11(14)3)9-12-5-7-18-8-6-12/h12H,4-9H2,1-3H3. The van der Waals surface area contributed by atoms with E-state index in [1.807, 2.05) is 25.5 Å². The minimum atomic E-state index is 0.197. The van der Waals surface area contributed by atoms with Gasteiger partial charge >= 0.3 is 0 Å². The van der Waals surface area contributed by atoms with Crippen molar-refractivity contribution < 1.29 is 9.53 Å². The molecule has 2 heterocycles. The fourth-order valence-corrected chi connectivity index (χ4v) is 2.63. The zero-order chi connectivity index (χ0) is 13.1. The number of aromatic nitrogens is 2. The minimum absolute atomic E-state index is 0.197. The summed E-state index contributed by atoms with van der Waals surface area (Å²) in [6.45, 7) is 8.44. The molecule has 1 aromatic rings. The van der Waals surface area contributed by atoms with E-state index in [9.17, 15) is 4.79 Å². The van der Waals surface area contributed by atoms with Crippen LogP contribution in [-0.4, -0.2) is 28.8 Å². The number of ether oxygens (including phenoxy) is 1. The van der Waals surface area contributed by atoms with E-state index in [4.69, 9.17) is 4.74 Å². The Morgan fingerprint density at radius 2 is 2.06 bits per heavy atom. The third kappa shape index (κ3) is 2.64. The van der Waals surface area contributed by atoms with Crippen molar-refractivity contribution in [2.75, 3.05) is 13.2 Å². The van der Waals surface area contributed by atoms with Gasteiger partial charge in [0.25, 0.3) is 0 Å². The zero-order valence-electron chi connectivity index (χ0n) is 11.5. The molecule has 1 aliphatic heterocycles. The molecule has 0 unspecified atom stereocenters. The topological polar surface area (TPSA) is 44.1 Å². The van der Waals surface area contributed by atoms with Gasteiger partial charge in [-0.3, -0.25) is 9.48 Å². The van der Waals surface area contributed by atoms with E-state index in [2.05, 4.69) is 5.10 Å². The van der Waals surface area contributed by atoms with Crippen molar-refractivity contribution >= 4 is 5.78 Å². The highest BCUT2D eigenvalue weighted by atomic mass is 16.5. The van der Waals surface area contributed by atoms with E-state index in [1.165, 1.54) is 0 Å². The van der Waals surface area contributed by atoms with Crippen LogP contribution in [0.1, 0.15) is 47.9 Å². The molecule has 0 N–H and O–H groups in total. The van der Waals surface area contributed by atoms with Crippen LogP contribution in [0, 0.1) is 19.8 Å². The summed E-state index contributed by atoms with van der Waals surface area (Å²) in [7, 11) is 0. The van der Waals surface area contributed by atoms with E-state index < -0.39 is 0 Å². The van der Waals surface area contributed by atoms with Crippen LogP contribution in [0.5, 0.6) is 0 Å². The van der Waals surface area contributed by atoms with Crippen LogP contribution in [-0.2, 0) is 11.3 Å². The molecule has 0 aromatic carbocycles. The van der Waals surface area contributed by atoms with Gasteiger partial charge in [-0.2, -0.15) is 5.10 Å². The first-order valence-electron chi connectivity index (χ1n) is 6.78. The fraction of sp³-hybridized carbons (Fsp3) is 0.714. The smallest absolute Gasteiger partial charge is 0.166 e. The highest BCUT2D eigenvalue weighted by Crippen LogP contribution is 2.21. The monoisotopic (exact) mass is 250 g/mol. The first-order chi connectivity index (χ1) is 8.63. The second-order valence-corrected chi connectivity index (χ2v) is 5.06. The Kier molecular flexibility index (Phi) is 4.17. The highest BCUT2D eigenvalue weighted by Gasteiger charge is 2.20. The number of carbonyl (C=O) groups excluding carboxylic acids is 1. The molecule has 2 rings (SSSR count). The van der Waals surface area contributed by atoms with Gasteiger partial charge in [0.2, 0.25) is 0 Å². The first-order valence-corrected chi connectivity index (χ1v) is 6.78. The summed E-state index contributed by atoms with van der Waals surface area (Å²) >= 11 is 0. The van der Waals surface area contributed by atoms with Gasteiger partial charge in [-0.1, -0.05) is 6.92 Å². The number of rotatable bonds is 4. The molecular weight excluding hydrogens is 228 g/mol. The van der Waals surface area contributed by atoms with Crippen LogP contribution in [0.25, 0.3) is 0 Å². The molecule has 1 aliphatic rings. The number of hydrogen-bond donors (Lipinski definition) is 0. The third-order valence-electron chi connectivity index (χ3n) is 3.75. The number of hydrogen-bond acceptors (Lipinski definition) is 3. The minimum Gasteiger partial charge on any atom is -0.381 e. The largest absolute Gasteiger partial charge is 0.381 e. The van der Waals surface area contributed by atoms with Gasteiger partial charge in [0, 0.05) is 31.9 Å². The van der Waals surface area contributed by atoms with Crippen molar-refractivity contribution in [2.24, 2.45) is 5.92 Å². The Balaban J connectivity index is 2.16. The Morgan fingerprint density at radius 3 is 2.67 bits per heavy atom. The Morgan fingerprint density at radius 1 is 1.39 bits per heavy atom. The maximum absolute atomic E-state index is 11.9. The Labute approximate surface area is 108 Å². The van der Waals surface area contributed by atoms with Crippen LogP contribution in [0.15, 0.2) is 0 Å². The van der Waals surface area contributed by atoms with E-state index in [0.717, 1.165) is 49.6 Å². The number of nitrogens with zero attached hydrogens (tertiary/aromatic N) is 2. The van der Waals surface area contributed by atoms with E-state index in [0.29, 0.717) is 12.3 Å². The summed E-state index contributed by atoms with van der Waals surface area (Å²) in [4.78, 5) is 11.9. The number of aryl methyl sites for hydroxylation is 1. The molecule has 18 heavy (non-hydrogen) atoms. The third-order valence-corrected chi connectivity index (χ3v) is 3.75. The van der Waals surface area contributed by atoms with Crippen molar-refractivity contribution in [3.63, 3.8) is 0 Å². The van der Waals surface area contributed by atoms with Gasteiger partial charge in [0.15, 0.2) is 5.78 Å². The molecule has 0 saturated carbocycles. The lowest BCUT2D eigenvalue weighted by Crippen LogP contribution is -2.21. The molecule has 100 valence electrons. The van der Waals surface area contributed by atoms with Gasteiger partial charge in [-0.05, 0) is 32.6 Å². The van der Waals surface area contributed by atoms with Gasteiger partial charge in [-0.15, -0.1) is 0 Å². The summed E-state index contributed by atoms with van der Waals surface area (Å²) < 4.78 is 7.38. The molecule has 4 heteroatoms. The average molecular weight is 250 g/mol. The maximum atomic E-state index is 11.9. The molecule has 1 fully saturated rings. The molecule has 1 aromatic heterocycles. The molecule has 0 bridgehead atoms. The Hall–Kier alpha value is -1.16. The quantitative estimate of drug-likeness (QED) is 0.771. The summed E-state index contributed by atoms with van der Waals surface area (Å²) in [6.07, 6.45) is 2.73. The normalized spacial score (nSPS) is 17.1. The first kappa shape index (κ1) is 13.3. The second-order valence-electron chi connectivity index (χ2n) is 5.06. The lowest BCUT2D eigenvalue weighted by atomic mass is 10.0. The summed E-state index contributed by atoms with van der Waals surface area (Å²) in [5.41, 5.74) is 2.71. The van der Waals surface area contributed by atoms with Gasteiger partial charge < -0.3 is 4.74 Å². The highest BCUT2D eigenvalue weighted by molar-refractivity contribution is 5.97. The number of carbonyl (C=O) groups is 1. The zero-order valence-corrected chi connectivity index (χ0v) is 11.5. The molecule has 0 spiro atoms. The SMILES string of the molecule is CCC(=O)c1c(C)nn(CC2CCOCC2)c1C. The van der Waals surface area contributed by atoms with Crippen LogP contribution in [0.3, 0.4) is 0 Å². The van der Waals surface area contributed by atoms with Crippen molar-refractivity contribution in [1.82, 2.24) is 9.78 Å². The van der Waals surface area contributed by atoms with Gasteiger partial charge in [0.05, 0.1) is 11.3 Å². The maximum Gasteiger partial charge on any atom is 0.166 e. The predicted molar refractivity (Wildman–Crippen MR) is 69.9 cm³/mol. The van der Waals surface area contributed by atoms with E-state index in [1.54, 1.807) is 0 Å². The lowest BCUT2D eigenvalue weighted by Gasteiger charge is -2.22. The molecule has 0 amide bonds. The summed E-state index contributed by atoms with van der Waals surface area (Å²) in [5, 5.41) is 4.53. The predicted octanol–water partition coefficient (Wildman–Crippen LogP) is 2.52. The van der Waals surface area contributed by atoms with Crippen LogP contribution in [0.2, 0.25) is 0 Å². The molecule has 1 saturated heterocycles. The van der Waals surface area contributed by atoms with Crippen LogP contribution < -0.4 is 0 Å². The van der Waals surface area contributed by atoms with E-state index >= 15 is 0 Å². The van der Waals surface area contributed by atoms with Crippen LogP contribution >= 0.6 is 0 Å². The molecule has 4 nitrogen and oxygen atoms in total. The van der Waals surface area contributed by atoms with Crippen molar-refractivity contribution in [3.05, 3.63) is 17.0 Å². The molecule has 0 aliphatic carbocycles. The number of ketones is 1. The lowest BCUT2D eigenvalue weighted by molar-refractivity contribution is 0.0599. The Bertz CT molecular complexity index is 431. The van der Waals surface area contributed by atoms with Crippen molar-refractivity contribution in [1.29, 1.82) is 0 Å². The van der Waals surface area contributed by atoms with Crippen molar-refractivity contribution in [3.8, 4) is 0 Å². The van der Waals surface area contributed by atoms with Crippen molar-refractivity contribution in [2.45, 2.75) is 46.6 Å². The molecule has 0 atom stereocenters. The fourth-order valence-electron chi connectivity index (χ4n) is 2.63. The number of Topliss-reactive ketones (excluding diaryl/α,β-unsaturated/α-hetero) is 1. The molecule has 0 radical (unpaired) electrons. The van der Waals surface area contributed by atoms with Gasteiger partial charge in [-0.25, -0.2) is 0 Å². The summed E-state index contributed by atoms with van der Waals surface area (Å²) in [6, 6.07) is 0. The van der Waals surface area contributed by atoms with Gasteiger partial charge in [0.1, 0.15) is 0 Å². The average Bonchev–Trinajstić information content (AvgIpc) is 2.65. The second kappa shape index (κ2) is 5.65. The van der Waals surface area contributed by atoms with E-state index in [-0.39, 0.29) is 5.78 Å². The molecular formula is C14H22N2O2. The van der Waals surface area contributed by atoms with Crippen LogP contribution in [0.4, 0.5) is 0 Å².